The summed E-state index contributed by atoms with van der Waals surface area (Å²) in [5.74, 6) is 1.39. The summed E-state index contributed by atoms with van der Waals surface area (Å²) in [7, 11) is 0. The Morgan fingerprint density at radius 3 is 2.62 bits per heavy atom. The van der Waals surface area contributed by atoms with E-state index in [1.54, 1.807) is 30.6 Å². The first kappa shape index (κ1) is 21.6. The molecule has 29 heavy (non-hydrogen) atoms. The molecule has 7 nitrogen and oxygen atoms in total. The van der Waals surface area contributed by atoms with Crippen LogP contribution in [-0.2, 0) is 4.79 Å². The van der Waals surface area contributed by atoms with Crippen LogP contribution in [0.5, 0.6) is 5.75 Å². The fourth-order valence-electron chi connectivity index (χ4n) is 3.07. The van der Waals surface area contributed by atoms with Crippen molar-refractivity contribution in [3.05, 3.63) is 46.7 Å². The van der Waals surface area contributed by atoms with Crippen LogP contribution >= 0.6 is 23.2 Å². The minimum atomic E-state index is 0.0344. The lowest BCUT2D eigenvalue weighted by molar-refractivity contribution is -0.121. The van der Waals surface area contributed by atoms with Crippen LogP contribution in [0.3, 0.4) is 0 Å². The van der Waals surface area contributed by atoms with E-state index in [9.17, 15) is 4.79 Å². The predicted molar refractivity (Wildman–Crippen MR) is 115 cm³/mol. The lowest BCUT2D eigenvalue weighted by Gasteiger charge is -2.34. The van der Waals surface area contributed by atoms with Gasteiger partial charge in [-0.05, 0) is 30.7 Å². The molecular weight excluding hydrogens is 413 g/mol. The summed E-state index contributed by atoms with van der Waals surface area (Å²) in [5, 5.41) is 4.01. The lowest BCUT2D eigenvalue weighted by atomic mass is 10.3. The average Bonchev–Trinajstić information content (AvgIpc) is 2.73. The molecule has 156 valence electrons. The highest BCUT2D eigenvalue weighted by atomic mass is 35.5. The van der Waals surface area contributed by atoms with Crippen molar-refractivity contribution in [3.63, 3.8) is 0 Å². The van der Waals surface area contributed by atoms with Crippen molar-refractivity contribution in [3.8, 4) is 5.75 Å². The maximum atomic E-state index is 12.0. The second-order valence-corrected chi connectivity index (χ2v) is 7.60. The zero-order valence-corrected chi connectivity index (χ0v) is 17.7. The summed E-state index contributed by atoms with van der Waals surface area (Å²) in [4.78, 5) is 25.1. The van der Waals surface area contributed by atoms with Crippen LogP contribution < -0.4 is 15.0 Å². The summed E-state index contributed by atoms with van der Waals surface area (Å²) in [6.07, 6.45) is 4.57. The van der Waals surface area contributed by atoms with Crippen molar-refractivity contribution in [2.45, 2.75) is 12.8 Å². The fraction of sp³-hybridized carbons (Fsp3) is 0.450. The van der Waals surface area contributed by atoms with E-state index in [0.717, 1.165) is 38.7 Å². The van der Waals surface area contributed by atoms with Crippen molar-refractivity contribution in [1.82, 2.24) is 20.2 Å². The molecular formula is C20H25Cl2N5O2. The monoisotopic (exact) mass is 437 g/mol. The summed E-state index contributed by atoms with van der Waals surface area (Å²) in [6, 6.07) is 6.91. The first-order chi connectivity index (χ1) is 14.1. The molecule has 1 aromatic carbocycles. The molecule has 1 saturated heterocycles. The molecule has 0 unspecified atom stereocenters. The first-order valence-electron chi connectivity index (χ1n) is 9.71. The van der Waals surface area contributed by atoms with E-state index in [0.29, 0.717) is 41.8 Å². The Bertz CT molecular complexity index is 786. The molecule has 0 radical (unpaired) electrons. The van der Waals surface area contributed by atoms with Gasteiger partial charge in [-0.25, -0.2) is 9.97 Å². The molecule has 0 atom stereocenters. The lowest BCUT2D eigenvalue weighted by Crippen LogP contribution is -2.49. The van der Waals surface area contributed by atoms with Gasteiger partial charge in [0.2, 0.25) is 11.9 Å². The smallest absolute Gasteiger partial charge is 0.225 e. The summed E-state index contributed by atoms with van der Waals surface area (Å²) < 4.78 is 5.59. The van der Waals surface area contributed by atoms with Gasteiger partial charge in [0.1, 0.15) is 5.75 Å². The molecule has 3 rings (SSSR count). The second-order valence-electron chi connectivity index (χ2n) is 6.75. The van der Waals surface area contributed by atoms with Gasteiger partial charge in [-0.2, -0.15) is 0 Å². The number of piperazine rings is 1. The zero-order chi connectivity index (χ0) is 20.5. The number of anilines is 1. The van der Waals surface area contributed by atoms with E-state index >= 15 is 0 Å². The number of nitrogens with one attached hydrogen (secondary N) is 1. The Morgan fingerprint density at radius 1 is 1.14 bits per heavy atom. The third kappa shape index (κ3) is 7.03. The van der Waals surface area contributed by atoms with Crippen molar-refractivity contribution < 1.29 is 9.53 Å². The third-order valence-electron chi connectivity index (χ3n) is 4.66. The van der Waals surface area contributed by atoms with Crippen LogP contribution in [0.1, 0.15) is 12.8 Å². The van der Waals surface area contributed by atoms with Crippen LogP contribution in [0.2, 0.25) is 10.0 Å². The molecule has 0 saturated carbocycles. The van der Waals surface area contributed by atoms with Crippen LogP contribution in [0.25, 0.3) is 0 Å². The summed E-state index contributed by atoms with van der Waals surface area (Å²) in [6.45, 7) is 5.56. The molecule has 1 amide bonds. The van der Waals surface area contributed by atoms with E-state index in [1.165, 1.54) is 0 Å². The normalized spacial score (nSPS) is 14.6. The molecule has 1 N–H and O–H groups in total. The number of benzene rings is 1. The van der Waals surface area contributed by atoms with E-state index in [-0.39, 0.29) is 5.91 Å². The highest BCUT2D eigenvalue weighted by molar-refractivity contribution is 6.35. The number of rotatable bonds is 9. The predicted octanol–water partition coefficient (Wildman–Crippen LogP) is 2.88. The highest BCUT2D eigenvalue weighted by Crippen LogP contribution is 2.27. The highest BCUT2D eigenvalue weighted by Gasteiger charge is 2.18. The Kier molecular flexibility index (Phi) is 8.34. The topological polar surface area (TPSA) is 70.6 Å². The van der Waals surface area contributed by atoms with Gasteiger partial charge in [-0.3, -0.25) is 9.69 Å². The van der Waals surface area contributed by atoms with Gasteiger partial charge in [0.05, 0.1) is 11.6 Å². The largest absolute Gasteiger partial charge is 0.492 e. The number of carbonyl (C=O) groups excluding carboxylic acids is 1. The maximum absolute atomic E-state index is 12.0. The molecule has 9 heteroatoms. The first-order valence-corrected chi connectivity index (χ1v) is 10.5. The van der Waals surface area contributed by atoms with E-state index in [1.807, 2.05) is 6.07 Å². The van der Waals surface area contributed by atoms with E-state index < -0.39 is 0 Å². The number of ether oxygens (including phenoxy) is 1. The van der Waals surface area contributed by atoms with Gasteiger partial charge < -0.3 is 15.0 Å². The number of nitrogens with zero attached hydrogens (tertiary/aromatic N) is 4. The molecule has 1 aliphatic rings. The Morgan fingerprint density at radius 2 is 1.90 bits per heavy atom. The van der Waals surface area contributed by atoms with Crippen LogP contribution in [0, 0.1) is 0 Å². The van der Waals surface area contributed by atoms with Crippen LogP contribution in [0.4, 0.5) is 5.95 Å². The molecule has 1 aromatic heterocycles. The molecule has 0 spiro atoms. The summed E-state index contributed by atoms with van der Waals surface area (Å²) >= 11 is 11.9. The van der Waals surface area contributed by atoms with Gasteiger partial charge in [-0.1, -0.05) is 23.2 Å². The average molecular weight is 438 g/mol. The van der Waals surface area contributed by atoms with Gasteiger partial charge in [0.25, 0.3) is 0 Å². The van der Waals surface area contributed by atoms with Crippen molar-refractivity contribution in [2.24, 2.45) is 0 Å². The van der Waals surface area contributed by atoms with Crippen molar-refractivity contribution >= 4 is 35.1 Å². The van der Waals surface area contributed by atoms with Crippen molar-refractivity contribution in [2.75, 3.05) is 50.8 Å². The molecule has 2 aromatic rings. The minimum Gasteiger partial charge on any atom is -0.492 e. The number of hydrogen-bond donors (Lipinski definition) is 1. The zero-order valence-electron chi connectivity index (χ0n) is 16.2. The molecule has 0 aliphatic carbocycles. The van der Waals surface area contributed by atoms with E-state index in [2.05, 4.69) is 25.1 Å². The quantitative estimate of drug-likeness (QED) is 0.608. The maximum Gasteiger partial charge on any atom is 0.225 e. The number of carbonyl (C=O) groups is 1. The van der Waals surface area contributed by atoms with Gasteiger partial charge in [-0.15, -0.1) is 0 Å². The molecule has 2 heterocycles. The molecule has 1 fully saturated rings. The Hall–Kier alpha value is -2.09. The summed E-state index contributed by atoms with van der Waals surface area (Å²) in [5.41, 5.74) is 0. The minimum absolute atomic E-state index is 0.0344. The van der Waals surface area contributed by atoms with E-state index in [4.69, 9.17) is 27.9 Å². The molecule has 0 bridgehead atoms. The number of halogens is 2. The fourth-order valence-corrected chi connectivity index (χ4v) is 3.54. The van der Waals surface area contributed by atoms with Gasteiger partial charge >= 0.3 is 0 Å². The van der Waals surface area contributed by atoms with Crippen LogP contribution in [0.15, 0.2) is 36.7 Å². The SMILES string of the molecule is O=C(CCCOc1ccc(Cl)cc1Cl)NCCN1CCN(c2ncccn2)CC1. The van der Waals surface area contributed by atoms with Crippen LogP contribution in [-0.4, -0.2) is 66.7 Å². The molecule has 1 aliphatic heterocycles. The van der Waals surface area contributed by atoms with Gasteiger partial charge in [0, 0.05) is 63.1 Å². The van der Waals surface area contributed by atoms with Crippen molar-refractivity contribution in [1.29, 1.82) is 0 Å². The Labute approximate surface area is 181 Å². The third-order valence-corrected chi connectivity index (χ3v) is 5.19. The standard InChI is InChI=1S/C20H25Cl2N5O2/c21-16-4-5-18(17(22)15-16)29-14-1-3-19(28)23-8-9-26-10-12-27(13-11-26)20-24-6-2-7-25-20/h2,4-7,15H,1,3,8-14H2,(H,23,28). The van der Waals surface area contributed by atoms with Gasteiger partial charge in [0.15, 0.2) is 0 Å². The second kappa shape index (κ2) is 11.2. The Balaban J connectivity index is 1.25. The number of hydrogen-bond acceptors (Lipinski definition) is 6. The number of aromatic nitrogens is 2. The number of amides is 1.